The molecule has 0 aliphatic heterocycles. The number of amides is 1. The van der Waals surface area contributed by atoms with Crippen LogP contribution in [0.15, 0.2) is 18.2 Å². The van der Waals surface area contributed by atoms with Crippen LogP contribution in [0.2, 0.25) is 0 Å². The van der Waals surface area contributed by atoms with Crippen LogP contribution in [-0.4, -0.2) is 41.1 Å². The van der Waals surface area contributed by atoms with Crippen LogP contribution >= 0.6 is 11.6 Å². The summed E-state index contributed by atoms with van der Waals surface area (Å²) in [5.41, 5.74) is 1.59. The molecule has 0 spiro atoms. The number of alkyl halides is 1. The SMILES string of the molecule is CCN(C)C(=O)Cn1c(CCl)nc2c(OC)cccc21. The summed E-state index contributed by atoms with van der Waals surface area (Å²) in [5.74, 6) is 1.63. The molecule has 0 saturated heterocycles. The minimum absolute atomic E-state index is 0.0287. The summed E-state index contributed by atoms with van der Waals surface area (Å²) in [6.45, 7) is 2.84. The van der Waals surface area contributed by atoms with E-state index in [9.17, 15) is 4.79 Å². The van der Waals surface area contributed by atoms with E-state index in [-0.39, 0.29) is 18.3 Å². The van der Waals surface area contributed by atoms with Crippen LogP contribution < -0.4 is 4.74 Å². The van der Waals surface area contributed by atoms with Gasteiger partial charge in [0.2, 0.25) is 5.91 Å². The highest BCUT2D eigenvalue weighted by atomic mass is 35.5. The molecule has 2 rings (SSSR count). The molecule has 0 fully saturated rings. The maximum atomic E-state index is 12.1. The summed E-state index contributed by atoms with van der Waals surface area (Å²) in [6.07, 6.45) is 0. The van der Waals surface area contributed by atoms with E-state index in [0.717, 1.165) is 11.0 Å². The zero-order valence-corrected chi connectivity index (χ0v) is 12.6. The number of benzene rings is 1. The van der Waals surface area contributed by atoms with Crippen LogP contribution in [0.25, 0.3) is 11.0 Å². The van der Waals surface area contributed by atoms with Gasteiger partial charge in [-0.3, -0.25) is 4.79 Å². The van der Waals surface area contributed by atoms with Crippen LogP contribution in [0.3, 0.4) is 0 Å². The number of hydrogen-bond donors (Lipinski definition) is 0. The quantitative estimate of drug-likeness (QED) is 0.795. The van der Waals surface area contributed by atoms with Crippen molar-refractivity contribution >= 4 is 28.5 Å². The fourth-order valence-corrected chi connectivity index (χ4v) is 2.25. The molecule has 5 nitrogen and oxygen atoms in total. The molecule has 1 amide bonds. The monoisotopic (exact) mass is 295 g/mol. The van der Waals surface area contributed by atoms with Crippen LogP contribution in [0, 0.1) is 0 Å². The average Bonchev–Trinajstić information content (AvgIpc) is 2.84. The third kappa shape index (κ3) is 2.58. The molecule has 20 heavy (non-hydrogen) atoms. The standard InChI is InChI=1S/C14H18ClN3O2/c1-4-17(2)13(19)9-18-10-6-5-7-11(20-3)14(10)16-12(18)8-15/h5-7H,4,8-9H2,1-3H3. The average molecular weight is 296 g/mol. The van der Waals surface area contributed by atoms with Gasteiger partial charge in [-0.25, -0.2) is 4.98 Å². The minimum Gasteiger partial charge on any atom is -0.494 e. The lowest BCUT2D eigenvalue weighted by Crippen LogP contribution is -2.30. The fraction of sp³-hybridized carbons (Fsp3) is 0.429. The minimum atomic E-state index is 0.0287. The van der Waals surface area contributed by atoms with E-state index in [2.05, 4.69) is 4.98 Å². The molecule has 1 aromatic carbocycles. The van der Waals surface area contributed by atoms with Crippen LogP contribution in [0.4, 0.5) is 0 Å². The Morgan fingerprint density at radius 3 is 2.85 bits per heavy atom. The Labute approximate surface area is 123 Å². The van der Waals surface area contributed by atoms with Gasteiger partial charge < -0.3 is 14.2 Å². The number of imidazole rings is 1. The molecule has 1 aromatic heterocycles. The van der Waals surface area contributed by atoms with Crippen molar-refractivity contribution in [1.82, 2.24) is 14.5 Å². The third-order valence-corrected chi connectivity index (χ3v) is 3.59. The van der Waals surface area contributed by atoms with Gasteiger partial charge in [0.25, 0.3) is 0 Å². The summed E-state index contributed by atoms with van der Waals surface area (Å²) >= 11 is 5.95. The molecular weight excluding hydrogens is 278 g/mol. The van der Waals surface area contributed by atoms with Crippen molar-refractivity contribution in [1.29, 1.82) is 0 Å². The van der Waals surface area contributed by atoms with Crippen molar-refractivity contribution in [3.63, 3.8) is 0 Å². The zero-order valence-electron chi connectivity index (χ0n) is 11.9. The molecule has 0 saturated carbocycles. The Morgan fingerprint density at radius 1 is 1.50 bits per heavy atom. The Bertz CT molecular complexity index is 624. The molecule has 0 aliphatic rings. The largest absolute Gasteiger partial charge is 0.494 e. The molecule has 0 unspecified atom stereocenters. The Kier molecular flexibility index (Phi) is 4.49. The second-order valence-corrected chi connectivity index (χ2v) is 4.75. The van der Waals surface area contributed by atoms with E-state index in [0.29, 0.717) is 18.1 Å². The number of aromatic nitrogens is 2. The second-order valence-electron chi connectivity index (χ2n) is 4.48. The fourth-order valence-electron chi connectivity index (χ4n) is 2.04. The lowest BCUT2D eigenvalue weighted by molar-refractivity contribution is -0.130. The van der Waals surface area contributed by atoms with Crippen molar-refractivity contribution in [2.75, 3.05) is 20.7 Å². The number of nitrogens with zero attached hydrogens (tertiary/aromatic N) is 3. The normalized spacial score (nSPS) is 10.8. The lowest BCUT2D eigenvalue weighted by atomic mass is 10.3. The number of likely N-dealkylation sites (N-methyl/N-ethyl adjacent to an activating group) is 1. The van der Waals surface area contributed by atoms with Crippen LogP contribution in [-0.2, 0) is 17.2 Å². The Hall–Kier alpha value is -1.75. The first-order valence-electron chi connectivity index (χ1n) is 6.44. The molecule has 0 radical (unpaired) electrons. The number of rotatable bonds is 5. The Morgan fingerprint density at radius 2 is 2.25 bits per heavy atom. The first-order valence-corrected chi connectivity index (χ1v) is 6.97. The topological polar surface area (TPSA) is 47.4 Å². The molecule has 0 aliphatic carbocycles. The van der Waals surface area contributed by atoms with Crippen molar-refractivity contribution in [3.05, 3.63) is 24.0 Å². The maximum Gasteiger partial charge on any atom is 0.242 e. The summed E-state index contributed by atoms with van der Waals surface area (Å²) < 4.78 is 7.15. The van der Waals surface area contributed by atoms with Crippen LogP contribution in [0.1, 0.15) is 12.7 Å². The number of para-hydroxylation sites is 1. The van der Waals surface area contributed by atoms with Gasteiger partial charge in [0.15, 0.2) is 0 Å². The number of hydrogen-bond acceptors (Lipinski definition) is 3. The van der Waals surface area contributed by atoms with Crippen LogP contribution in [0.5, 0.6) is 5.75 Å². The van der Waals surface area contributed by atoms with Crippen molar-refractivity contribution in [2.45, 2.75) is 19.3 Å². The van der Waals surface area contributed by atoms with Gasteiger partial charge >= 0.3 is 0 Å². The molecule has 1 heterocycles. The predicted octanol–water partition coefficient (Wildman–Crippen LogP) is 2.26. The highest BCUT2D eigenvalue weighted by Gasteiger charge is 2.17. The molecule has 0 atom stereocenters. The molecule has 2 aromatic rings. The van der Waals surface area contributed by atoms with Crippen molar-refractivity contribution in [3.8, 4) is 5.75 Å². The molecule has 0 N–H and O–H groups in total. The summed E-state index contributed by atoms with van der Waals surface area (Å²) in [5, 5.41) is 0. The van der Waals surface area contributed by atoms with E-state index in [1.807, 2.05) is 29.7 Å². The number of halogens is 1. The van der Waals surface area contributed by atoms with Gasteiger partial charge in [0, 0.05) is 13.6 Å². The maximum absolute atomic E-state index is 12.1. The Balaban J connectivity index is 2.48. The number of carbonyl (C=O) groups is 1. The number of ether oxygens (including phenoxy) is 1. The highest BCUT2D eigenvalue weighted by Crippen LogP contribution is 2.26. The summed E-state index contributed by atoms with van der Waals surface area (Å²) in [6, 6.07) is 5.64. The van der Waals surface area contributed by atoms with E-state index in [1.165, 1.54) is 0 Å². The predicted molar refractivity (Wildman–Crippen MR) is 79.2 cm³/mol. The van der Waals surface area contributed by atoms with Gasteiger partial charge in [-0.15, -0.1) is 11.6 Å². The van der Waals surface area contributed by atoms with Gasteiger partial charge in [0.1, 0.15) is 23.6 Å². The second kappa shape index (κ2) is 6.13. The number of fused-ring (bicyclic) bond motifs is 1. The van der Waals surface area contributed by atoms with E-state index in [4.69, 9.17) is 16.3 Å². The van der Waals surface area contributed by atoms with E-state index in [1.54, 1.807) is 19.1 Å². The molecule has 0 bridgehead atoms. The summed E-state index contributed by atoms with van der Waals surface area (Å²) in [7, 11) is 3.38. The molecule has 6 heteroatoms. The van der Waals surface area contributed by atoms with E-state index >= 15 is 0 Å². The van der Waals surface area contributed by atoms with Gasteiger partial charge in [0.05, 0.1) is 18.5 Å². The smallest absolute Gasteiger partial charge is 0.242 e. The lowest BCUT2D eigenvalue weighted by Gasteiger charge is -2.16. The zero-order chi connectivity index (χ0) is 14.7. The third-order valence-electron chi connectivity index (χ3n) is 3.35. The van der Waals surface area contributed by atoms with Crippen molar-refractivity contribution < 1.29 is 9.53 Å². The first-order chi connectivity index (χ1) is 9.62. The first kappa shape index (κ1) is 14.7. The highest BCUT2D eigenvalue weighted by molar-refractivity contribution is 6.17. The number of methoxy groups -OCH3 is 1. The molecular formula is C14H18ClN3O2. The van der Waals surface area contributed by atoms with Gasteiger partial charge in [-0.05, 0) is 19.1 Å². The molecule has 108 valence electrons. The summed E-state index contributed by atoms with van der Waals surface area (Å²) in [4.78, 5) is 18.3. The van der Waals surface area contributed by atoms with Gasteiger partial charge in [-0.1, -0.05) is 6.07 Å². The van der Waals surface area contributed by atoms with E-state index < -0.39 is 0 Å². The number of carbonyl (C=O) groups excluding carboxylic acids is 1. The van der Waals surface area contributed by atoms with Crippen molar-refractivity contribution in [2.24, 2.45) is 0 Å². The van der Waals surface area contributed by atoms with Gasteiger partial charge in [-0.2, -0.15) is 0 Å².